The summed E-state index contributed by atoms with van der Waals surface area (Å²) >= 11 is 0. The van der Waals surface area contributed by atoms with Crippen LogP contribution in [0.1, 0.15) is 46.1 Å². The van der Waals surface area contributed by atoms with Crippen LogP contribution in [0.4, 0.5) is 0 Å². The fraction of sp³-hybridized carbons (Fsp3) is 0.318. The number of carbonyl (C=O) groups is 1. The fourth-order valence-electron chi connectivity index (χ4n) is 3.91. The van der Waals surface area contributed by atoms with Gasteiger partial charge in [-0.15, -0.1) is 0 Å². The first kappa shape index (κ1) is 18.4. The third-order valence-electron chi connectivity index (χ3n) is 5.37. The molecule has 3 heterocycles. The lowest BCUT2D eigenvalue weighted by atomic mass is 9.91. The molecule has 3 aromatic rings. The molecule has 1 aliphatic rings. The van der Waals surface area contributed by atoms with E-state index in [1.54, 1.807) is 24.5 Å². The summed E-state index contributed by atoms with van der Waals surface area (Å²) in [7, 11) is 0. The summed E-state index contributed by atoms with van der Waals surface area (Å²) in [6.07, 6.45) is 5.64. The van der Waals surface area contributed by atoms with Crippen molar-refractivity contribution in [1.82, 2.24) is 14.9 Å². The van der Waals surface area contributed by atoms with Gasteiger partial charge in [0.2, 0.25) is 0 Å². The van der Waals surface area contributed by atoms with Crippen LogP contribution in [0, 0.1) is 6.92 Å². The minimum absolute atomic E-state index is 0.254. The molecule has 1 saturated heterocycles. The monoisotopic (exact) mass is 377 g/mol. The van der Waals surface area contributed by atoms with Gasteiger partial charge in [0.25, 0.3) is 0 Å². The topological polar surface area (TPSA) is 79.5 Å². The van der Waals surface area contributed by atoms with Crippen LogP contribution >= 0.6 is 0 Å². The van der Waals surface area contributed by atoms with Crippen LogP contribution in [-0.2, 0) is 6.54 Å². The van der Waals surface area contributed by atoms with Crippen LogP contribution < -0.4 is 0 Å². The summed E-state index contributed by atoms with van der Waals surface area (Å²) in [6.45, 7) is 4.76. The molecule has 6 heteroatoms. The van der Waals surface area contributed by atoms with Crippen molar-refractivity contribution in [1.29, 1.82) is 0 Å². The van der Waals surface area contributed by atoms with E-state index in [1.807, 2.05) is 24.4 Å². The first-order valence-corrected chi connectivity index (χ1v) is 9.52. The Morgan fingerprint density at radius 3 is 2.75 bits per heavy atom. The third kappa shape index (κ3) is 3.82. The first-order chi connectivity index (χ1) is 13.6. The van der Waals surface area contributed by atoms with Crippen LogP contribution in [0.5, 0.6) is 0 Å². The normalized spacial score (nSPS) is 15.6. The van der Waals surface area contributed by atoms with Gasteiger partial charge in [-0.2, -0.15) is 0 Å². The van der Waals surface area contributed by atoms with E-state index < -0.39 is 5.97 Å². The molecule has 0 atom stereocenters. The number of rotatable bonds is 5. The maximum Gasteiger partial charge on any atom is 0.336 e. The number of aromatic nitrogens is 2. The second-order valence-electron chi connectivity index (χ2n) is 7.26. The largest absolute Gasteiger partial charge is 0.478 e. The van der Waals surface area contributed by atoms with E-state index >= 15 is 0 Å². The second kappa shape index (κ2) is 7.94. The van der Waals surface area contributed by atoms with Gasteiger partial charge < -0.3 is 9.52 Å². The minimum Gasteiger partial charge on any atom is -0.478 e. The molecule has 1 fully saturated rings. The summed E-state index contributed by atoms with van der Waals surface area (Å²) < 4.78 is 5.97. The van der Waals surface area contributed by atoms with Crippen LogP contribution in [0.25, 0.3) is 11.3 Å². The minimum atomic E-state index is -0.948. The molecule has 1 aliphatic heterocycles. The number of carboxylic acid groups (broad SMARTS) is 1. The highest BCUT2D eigenvalue weighted by atomic mass is 16.4. The number of piperidine rings is 1. The Hall–Kier alpha value is -2.99. The Morgan fingerprint density at radius 1 is 1.21 bits per heavy atom. The smallest absolute Gasteiger partial charge is 0.336 e. The van der Waals surface area contributed by atoms with Crippen molar-refractivity contribution in [2.75, 3.05) is 13.1 Å². The van der Waals surface area contributed by atoms with Crippen LogP contribution in [0.15, 0.2) is 53.3 Å². The molecule has 0 bridgehead atoms. The first-order valence-electron chi connectivity index (χ1n) is 9.52. The zero-order valence-corrected chi connectivity index (χ0v) is 15.8. The molecule has 28 heavy (non-hydrogen) atoms. The SMILES string of the molecule is Cc1cncnc1C1CCN(Cc2ccc(-c3ccccc3C(=O)O)o2)CC1. The van der Waals surface area contributed by atoms with E-state index in [0.717, 1.165) is 43.8 Å². The number of aryl methyl sites for hydroxylation is 1. The van der Waals surface area contributed by atoms with Gasteiger partial charge in [-0.1, -0.05) is 18.2 Å². The molecular formula is C22H23N3O3. The molecule has 144 valence electrons. The van der Waals surface area contributed by atoms with Crippen molar-refractivity contribution >= 4 is 5.97 Å². The van der Waals surface area contributed by atoms with Crippen LogP contribution in [0.3, 0.4) is 0 Å². The van der Waals surface area contributed by atoms with E-state index in [-0.39, 0.29) is 5.56 Å². The van der Waals surface area contributed by atoms with Crippen molar-refractivity contribution in [3.8, 4) is 11.3 Å². The van der Waals surface area contributed by atoms with Gasteiger partial charge in [0.05, 0.1) is 12.1 Å². The maximum absolute atomic E-state index is 11.4. The molecule has 0 spiro atoms. The predicted molar refractivity (Wildman–Crippen MR) is 105 cm³/mol. The number of hydrogen-bond donors (Lipinski definition) is 1. The molecule has 0 saturated carbocycles. The number of nitrogens with zero attached hydrogens (tertiary/aromatic N) is 3. The number of furan rings is 1. The molecule has 6 nitrogen and oxygen atoms in total. The molecule has 4 rings (SSSR count). The quantitative estimate of drug-likeness (QED) is 0.720. The maximum atomic E-state index is 11.4. The Kier molecular flexibility index (Phi) is 5.21. The highest BCUT2D eigenvalue weighted by Gasteiger charge is 2.23. The Morgan fingerprint density at radius 2 is 2.00 bits per heavy atom. The van der Waals surface area contributed by atoms with E-state index in [9.17, 15) is 9.90 Å². The highest BCUT2D eigenvalue weighted by Crippen LogP contribution is 2.30. The van der Waals surface area contributed by atoms with Crippen molar-refractivity contribution in [2.24, 2.45) is 0 Å². The molecule has 0 aliphatic carbocycles. The number of carboxylic acids is 1. The van der Waals surface area contributed by atoms with Crippen molar-refractivity contribution < 1.29 is 14.3 Å². The van der Waals surface area contributed by atoms with Gasteiger partial charge in [0, 0.05) is 23.4 Å². The Labute approximate surface area is 163 Å². The van der Waals surface area contributed by atoms with Crippen LogP contribution in [-0.4, -0.2) is 39.0 Å². The standard InChI is InChI=1S/C22H23N3O3/c1-15-12-23-14-24-21(15)16-8-10-25(11-9-16)13-17-6-7-20(28-17)18-4-2-3-5-19(18)22(26)27/h2-7,12,14,16H,8-11,13H2,1H3,(H,26,27). The fourth-order valence-corrected chi connectivity index (χ4v) is 3.91. The van der Waals surface area contributed by atoms with Gasteiger partial charge >= 0.3 is 5.97 Å². The van der Waals surface area contributed by atoms with Gasteiger partial charge in [0.1, 0.15) is 17.8 Å². The second-order valence-corrected chi connectivity index (χ2v) is 7.26. The number of hydrogen-bond acceptors (Lipinski definition) is 5. The van der Waals surface area contributed by atoms with Gasteiger partial charge in [-0.05, 0) is 56.6 Å². The lowest BCUT2D eigenvalue weighted by Crippen LogP contribution is -2.32. The van der Waals surface area contributed by atoms with Crippen LogP contribution in [0.2, 0.25) is 0 Å². The Bertz CT molecular complexity index is 974. The van der Waals surface area contributed by atoms with E-state index in [4.69, 9.17) is 4.42 Å². The molecule has 1 N–H and O–H groups in total. The van der Waals surface area contributed by atoms with Gasteiger partial charge in [-0.25, -0.2) is 14.8 Å². The summed E-state index contributed by atoms with van der Waals surface area (Å²) in [5, 5.41) is 9.37. The van der Waals surface area contributed by atoms with Crippen molar-refractivity contribution in [3.63, 3.8) is 0 Å². The summed E-state index contributed by atoms with van der Waals surface area (Å²) in [6, 6.07) is 10.7. The molecule has 2 aromatic heterocycles. The van der Waals surface area contributed by atoms with E-state index in [1.165, 1.54) is 5.69 Å². The summed E-state index contributed by atoms with van der Waals surface area (Å²) in [5.41, 5.74) is 3.19. The third-order valence-corrected chi connectivity index (χ3v) is 5.37. The molecule has 0 radical (unpaired) electrons. The molecule has 1 aromatic carbocycles. The molecule has 0 unspecified atom stereocenters. The Balaban J connectivity index is 1.41. The summed E-state index contributed by atoms with van der Waals surface area (Å²) in [5.74, 6) is 0.982. The van der Waals surface area contributed by atoms with Crippen molar-refractivity contribution in [3.05, 3.63) is 71.5 Å². The molecule has 0 amide bonds. The van der Waals surface area contributed by atoms with E-state index in [0.29, 0.717) is 17.2 Å². The number of likely N-dealkylation sites (tertiary alicyclic amines) is 1. The van der Waals surface area contributed by atoms with Crippen molar-refractivity contribution in [2.45, 2.75) is 32.2 Å². The number of aromatic carboxylic acids is 1. The average molecular weight is 377 g/mol. The zero-order chi connectivity index (χ0) is 19.5. The molecular weight excluding hydrogens is 354 g/mol. The lowest BCUT2D eigenvalue weighted by Gasteiger charge is -2.31. The van der Waals surface area contributed by atoms with Gasteiger partial charge in [-0.3, -0.25) is 4.90 Å². The van der Waals surface area contributed by atoms with Gasteiger partial charge in [0.15, 0.2) is 0 Å². The number of benzene rings is 1. The van der Waals surface area contributed by atoms with E-state index in [2.05, 4.69) is 21.8 Å². The predicted octanol–water partition coefficient (Wildman–Crippen LogP) is 4.12. The highest BCUT2D eigenvalue weighted by molar-refractivity contribution is 5.95. The summed E-state index contributed by atoms with van der Waals surface area (Å²) in [4.78, 5) is 22.4. The average Bonchev–Trinajstić information content (AvgIpc) is 3.17. The lowest BCUT2D eigenvalue weighted by molar-refractivity contribution is 0.0697. The zero-order valence-electron chi connectivity index (χ0n) is 15.8.